The van der Waals surface area contributed by atoms with E-state index in [-0.39, 0.29) is 16.1 Å². The van der Waals surface area contributed by atoms with Crippen molar-refractivity contribution in [3.63, 3.8) is 0 Å². The maximum Gasteiger partial charge on any atom is 0.241 e. The summed E-state index contributed by atoms with van der Waals surface area (Å²) in [5.74, 6) is 0.761. The first-order valence-electron chi connectivity index (χ1n) is 9.70. The third-order valence-corrected chi connectivity index (χ3v) is 7.89. The molecule has 6 rings (SSSR count). The van der Waals surface area contributed by atoms with Gasteiger partial charge in [0.2, 0.25) is 10.0 Å². The molecule has 2 bridgehead atoms. The van der Waals surface area contributed by atoms with Crippen LogP contribution in [-0.2, 0) is 10.0 Å². The van der Waals surface area contributed by atoms with Crippen LogP contribution in [0.4, 0.5) is 5.82 Å². The van der Waals surface area contributed by atoms with Crippen LogP contribution < -0.4 is 10.5 Å². The van der Waals surface area contributed by atoms with Gasteiger partial charge < -0.3 is 5.73 Å². The van der Waals surface area contributed by atoms with E-state index in [0.29, 0.717) is 42.0 Å². The summed E-state index contributed by atoms with van der Waals surface area (Å²) in [4.78, 5) is 8.60. The predicted molar refractivity (Wildman–Crippen MR) is 110 cm³/mol. The minimum Gasteiger partial charge on any atom is -0.380 e. The molecule has 154 valence electrons. The molecule has 3 aromatic rings. The fourth-order valence-electron chi connectivity index (χ4n) is 4.92. The van der Waals surface area contributed by atoms with Crippen molar-refractivity contribution in [3.8, 4) is 17.3 Å². The summed E-state index contributed by atoms with van der Waals surface area (Å²) < 4.78 is 30.8. The van der Waals surface area contributed by atoms with E-state index >= 15 is 0 Å². The maximum absolute atomic E-state index is 13.2. The highest BCUT2D eigenvalue weighted by molar-refractivity contribution is 7.89. The number of hydrogen-bond donors (Lipinski definition) is 2. The third-order valence-electron chi connectivity index (χ3n) is 6.31. The lowest BCUT2D eigenvalue weighted by Gasteiger charge is -2.43. The van der Waals surface area contributed by atoms with Crippen molar-refractivity contribution in [2.45, 2.75) is 50.0 Å². The molecule has 2 heterocycles. The number of nitrogen functional groups attached to an aromatic ring is 1. The first-order valence-corrected chi connectivity index (χ1v) is 11.2. The minimum atomic E-state index is -3.75. The van der Waals surface area contributed by atoms with Crippen LogP contribution >= 0.6 is 0 Å². The Morgan fingerprint density at radius 1 is 1.27 bits per heavy atom. The molecule has 1 aromatic carbocycles. The van der Waals surface area contributed by atoms with Gasteiger partial charge in [-0.3, -0.25) is 0 Å². The van der Waals surface area contributed by atoms with Crippen molar-refractivity contribution in [3.05, 3.63) is 35.8 Å². The number of anilines is 1. The molecular formula is C20H21N7O2S. The van der Waals surface area contributed by atoms with E-state index in [1.54, 1.807) is 35.8 Å². The molecule has 0 atom stereocenters. The maximum atomic E-state index is 13.2. The molecule has 3 fully saturated rings. The second-order valence-corrected chi connectivity index (χ2v) is 10.2. The Kier molecular flexibility index (Phi) is 3.79. The summed E-state index contributed by atoms with van der Waals surface area (Å²) in [6, 6.07) is 7.36. The van der Waals surface area contributed by atoms with E-state index in [1.165, 1.54) is 0 Å². The predicted octanol–water partition coefficient (Wildman–Crippen LogP) is 2.11. The van der Waals surface area contributed by atoms with Gasteiger partial charge in [-0.15, -0.1) is 0 Å². The number of hydrogen-bond acceptors (Lipinski definition) is 7. The van der Waals surface area contributed by atoms with E-state index < -0.39 is 15.6 Å². The van der Waals surface area contributed by atoms with E-state index in [2.05, 4.69) is 25.9 Å². The Morgan fingerprint density at radius 2 is 2.03 bits per heavy atom. The molecule has 0 amide bonds. The number of fused-ring (bicyclic) bond motifs is 2. The zero-order valence-electron chi connectivity index (χ0n) is 16.7. The van der Waals surface area contributed by atoms with E-state index in [1.807, 2.05) is 6.92 Å². The summed E-state index contributed by atoms with van der Waals surface area (Å²) >= 11 is 0. The molecule has 3 aliphatic rings. The number of nitrogens with two attached hydrogens (primary N) is 1. The number of benzene rings is 1. The molecule has 30 heavy (non-hydrogen) atoms. The number of imidazole rings is 1. The van der Waals surface area contributed by atoms with Crippen LogP contribution in [0.15, 0.2) is 29.3 Å². The van der Waals surface area contributed by atoms with Crippen molar-refractivity contribution in [2.75, 3.05) is 5.73 Å². The lowest BCUT2D eigenvalue weighted by Crippen LogP contribution is -2.55. The Balaban J connectivity index is 1.54. The fraction of sp³-hybridized carbons (Fsp3) is 0.400. The average Bonchev–Trinajstić information content (AvgIpc) is 3.33. The van der Waals surface area contributed by atoms with Crippen molar-refractivity contribution in [1.29, 1.82) is 5.26 Å². The van der Waals surface area contributed by atoms with Gasteiger partial charge in [0, 0.05) is 11.1 Å². The molecule has 3 N–H and O–H groups in total. The summed E-state index contributed by atoms with van der Waals surface area (Å²) in [6.45, 7) is 3.64. The molecule has 3 saturated carbocycles. The van der Waals surface area contributed by atoms with E-state index in [0.717, 1.165) is 12.0 Å². The molecule has 0 saturated heterocycles. The summed E-state index contributed by atoms with van der Waals surface area (Å²) in [7, 11) is -3.75. The average molecular weight is 424 g/mol. The SMILES string of the molecule is Cc1nc(N)c2ncc(-c3cc(S(=O)(=O)NC45CCC(C#N)(C4)C5)ccc3C)n2n1. The van der Waals surface area contributed by atoms with Crippen molar-refractivity contribution in [1.82, 2.24) is 24.3 Å². The van der Waals surface area contributed by atoms with E-state index in [9.17, 15) is 13.7 Å². The summed E-state index contributed by atoms with van der Waals surface area (Å²) in [5, 5.41) is 13.7. The standard InChI is InChI=1S/C20H21N7O2S/c1-12-3-4-14(30(28,29)26-20-6-5-19(9-20,10-20)11-21)7-15(12)16-8-23-18-17(22)24-13(2)25-27(16)18/h3-4,7-8,26H,5-6,9-10H2,1-2H3,(H2,22,24,25). The number of sulfonamides is 1. The second kappa shape index (κ2) is 6.00. The van der Waals surface area contributed by atoms with Crippen LogP contribution in [-0.4, -0.2) is 33.5 Å². The molecule has 0 radical (unpaired) electrons. The topological polar surface area (TPSA) is 139 Å². The highest BCUT2D eigenvalue weighted by atomic mass is 32.2. The minimum absolute atomic E-state index is 0.174. The molecule has 10 heteroatoms. The van der Waals surface area contributed by atoms with Gasteiger partial charge in [0.1, 0.15) is 5.82 Å². The first kappa shape index (κ1) is 19.0. The summed E-state index contributed by atoms with van der Waals surface area (Å²) in [5.41, 5.74) is 7.76. The van der Waals surface area contributed by atoms with Crippen LogP contribution in [0.2, 0.25) is 0 Å². The van der Waals surface area contributed by atoms with Crippen LogP contribution in [0, 0.1) is 30.6 Å². The van der Waals surface area contributed by atoms with Gasteiger partial charge in [0.15, 0.2) is 11.5 Å². The van der Waals surface area contributed by atoms with E-state index in [4.69, 9.17) is 5.73 Å². The van der Waals surface area contributed by atoms with Crippen LogP contribution in [0.1, 0.15) is 37.1 Å². The third kappa shape index (κ3) is 2.69. The van der Waals surface area contributed by atoms with Crippen LogP contribution in [0.3, 0.4) is 0 Å². The quantitative estimate of drug-likeness (QED) is 0.655. The highest BCUT2D eigenvalue weighted by Crippen LogP contribution is 2.61. The normalized spacial score (nSPS) is 25.2. The van der Waals surface area contributed by atoms with Gasteiger partial charge in [-0.2, -0.15) is 10.4 Å². The number of nitrogens with zero attached hydrogens (tertiary/aromatic N) is 5. The number of aromatic nitrogens is 4. The van der Waals surface area contributed by atoms with Gasteiger partial charge in [0.25, 0.3) is 0 Å². The van der Waals surface area contributed by atoms with Gasteiger partial charge >= 0.3 is 0 Å². The molecule has 2 aromatic heterocycles. The highest BCUT2D eigenvalue weighted by Gasteiger charge is 2.62. The Labute approximate surface area is 174 Å². The fourth-order valence-corrected chi connectivity index (χ4v) is 6.37. The lowest BCUT2D eigenvalue weighted by molar-refractivity contribution is 0.161. The Bertz CT molecular complexity index is 1350. The zero-order valence-corrected chi connectivity index (χ0v) is 17.5. The largest absolute Gasteiger partial charge is 0.380 e. The van der Waals surface area contributed by atoms with Gasteiger partial charge in [-0.25, -0.2) is 27.6 Å². The molecule has 3 aliphatic carbocycles. The van der Waals surface area contributed by atoms with Crippen LogP contribution in [0.5, 0.6) is 0 Å². The smallest absolute Gasteiger partial charge is 0.241 e. The van der Waals surface area contributed by atoms with Crippen molar-refractivity contribution < 1.29 is 8.42 Å². The molecule has 0 aliphatic heterocycles. The number of nitrogens with one attached hydrogen (secondary N) is 1. The number of aryl methyl sites for hydroxylation is 2. The molecule has 0 unspecified atom stereocenters. The summed E-state index contributed by atoms with van der Waals surface area (Å²) in [6.07, 6.45) is 4.22. The van der Waals surface area contributed by atoms with Crippen molar-refractivity contribution >= 4 is 21.5 Å². The van der Waals surface area contributed by atoms with Gasteiger partial charge in [0.05, 0.1) is 28.3 Å². The molecule has 0 spiro atoms. The lowest BCUT2D eigenvalue weighted by atomic mass is 9.66. The Morgan fingerprint density at radius 3 is 2.73 bits per heavy atom. The van der Waals surface area contributed by atoms with Crippen molar-refractivity contribution in [2.24, 2.45) is 5.41 Å². The van der Waals surface area contributed by atoms with Gasteiger partial charge in [-0.1, -0.05) is 6.07 Å². The second-order valence-electron chi connectivity index (χ2n) is 8.53. The van der Waals surface area contributed by atoms with Gasteiger partial charge in [-0.05, 0) is 57.2 Å². The number of rotatable bonds is 4. The number of nitriles is 1. The zero-order chi connectivity index (χ0) is 21.3. The van der Waals surface area contributed by atoms with Crippen LogP contribution in [0.25, 0.3) is 16.9 Å². The first-order chi connectivity index (χ1) is 14.2. The molecule has 9 nitrogen and oxygen atoms in total. The monoisotopic (exact) mass is 423 g/mol. The molecular weight excluding hydrogens is 402 g/mol. The Hall–Kier alpha value is -3.03.